The van der Waals surface area contributed by atoms with Gasteiger partial charge < -0.3 is 5.32 Å². The molecule has 1 fully saturated rings. The summed E-state index contributed by atoms with van der Waals surface area (Å²) in [7, 11) is 0. The van der Waals surface area contributed by atoms with Crippen LogP contribution in [0, 0.1) is 5.82 Å². The highest BCUT2D eigenvalue weighted by molar-refractivity contribution is 6.30. The van der Waals surface area contributed by atoms with E-state index in [0.29, 0.717) is 23.7 Å². The fraction of sp³-hybridized carbons (Fsp3) is 0.400. The number of rotatable bonds is 2. The smallest absolute Gasteiger partial charge is 0.139 e. The zero-order chi connectivity index (χ0) is 10.2. The van der Waals surface area contributed by atoms with Crippen molar-refractivity contribution in [1.82, 2.24) is 5.32 Å². The Hall–Kier alpha value is -0.670. The summed E-state index contributed by atoms with van der Waals surface area (Å²) in [6.45, 7) is 0.601. The molecule has 1 aromatic rings. The zero-order valence-electron chi connectivity index (χ0n) is 7.49. The second-order valence-electron chi connectivity index (χ2n) is 3.67. The molecule has 0 amide bonds. The summed E-state index contributed by atoms with van der Waals surface area (Å²) in [5.74, 6) is -0.429. The van der Waals surface area contributed by atoms with Crippen molar-refractivity contribution in [1.29, 1.82) is 0 Å². The largest absolute Gasteiger partial charge is 0.310 e. The maximum absolute atomic E-state index is 13.6. The molecule has 1 aliphatic rings. The first-order valence-corrected chi connectivity index (χ1v) is 4.80. The van der Waals surface area contributed by atoms with Gasteiger partial charge in [-0.15, -0.1) is 0 Å². The average molecular weight is 218 g/mol. The van der Waals surface area contributed by atoms with Gasteiger partial charge in [0, 0.05) is 24.5 Å². The van der Waals surface area contributed by atoms with Crippen LogP contribution < -0.4 is 5.32 Å². The molecule has 0 atom stereocenters. The Bertz CT molecular complexity index is 350. The second kappa shape index (κ2) is 3.48. The number of halogens is 3. The van der Waals surface area contributed by atoms with Gasteiger partial charge in [0.15, 0.2) is 0 Å². The van der Waals surface area contributed by atoms with Gasteiger partial charge in [0.25, 0.3) is 0 Å². The zero-order valence-corrected chi connectivity index (χ0v) is 8.24. The van der Waals surface area contributed by atoms with Crippen molar-refractivity contribution < 1.29 is 8.78 Å². The maximum atomic E-state index is 13.6. The van der Waals surface area contributed by atoms with Gasteiger partial charge in [-0.2, -0.15) is 0 Å². The summed E-state index contributed by atoms with van der Waals surface area (Å²) in [6.07, 6.45) is 0.114. The molecule has 1 aromatic carbocycles. The molecule has 0 saturated carbocycles. The minimum absolute atomic E-state index is 0.114. The summed E-state index contributed by atoms with van der Waals surface area (Å²) in [5.41, 5.74) is -0.896. The molecular formula is C10H10ClF2N. The molecule has 4 heteroatoms. The first-order chi connectivity index (χ1) is 6.59. The summed E-state index contributed by atoms with van der Waals surface area (Å²) in [6, 6.07) is 4.33. The number of hydrogen-bond acceptors (Lipinski definition) is 1. The third-order valence-corrected chi connectivity index (χ3v) is 2.64. The molecule has 0 aromatic heterocycles. The van der Waals surface area contributed by atoms with Gasteiger partial charge in [-0.05, 0) is 17.7 Å². The molecule has 0 spiro atoms. The van der Waals surface area contributed by atoms with Crippen LogP contribution in [0.15, 0.2) is 18.2 Å². The van der Waals surface area contributed by atoms with Gasteiger partial charge >= 0.3 is 0 Å². The molecule has 2 rings (SSSR count). The summed E-state index contributed by atoms with van der Waals surface area (Å²) in [5, 5.41) is 3.17. The molecule has 76 valence electrons. The van der Waals surface area contributed by atoms with Crippen LogP contribution in [0.25, 0.3) is 0 Å². The van der Waals surface area contributed by atoms with Crippen molar-refractivity contribution >= 4 is 11.6 Å². The van der Waals surface area contributed by atoms with Crippen molar-refractivity contribution in [2.75, 3.05) is 13.1 Å². The lowest BCUT2D eigenvalue weighted by Gasteiger charge is -2.35. The van der Waals surface area contributed by atoms with E-state index in [1.807, 2.05) is 0 Å². The fourth-order valence-corrected chi connectivity index (χ4v) is 1.69. The Kier molecular flexibility index (Phi) is 2.45. The Labute approximate surface area is 86.1 Å². The van der Waals surface area contributed by atoms with Crippen LogP contribution in [0.3, 0.4) is 0 Å². The highest BCUT2D eigenvalue weighted by Crippen LogP contribution is 2.25. The predicted octanol–water partition coefficient (Wildman–Crippen LogP) is 2.33. The Morgan fingerprint density at radius 2 is 2.14 bits per heavy atom. The first kappa shape index (κ1) is 9.87. The normalized spacial score (nSPS) is 19.1. The van der Waals surface area contributed by atoms with Gasteiger partial charge in [0.1, 0.15) is 11.5 Å². The molecule has 0 aliphatic carbocycles. The SMILES string of the molecule is Fc1cc(Cl)ccc1CC1(F)CNC1. The van der Waals surface area contributed by atoms with Crippen molar-refractivity contribution in [3.63, 3.8) is 0 Å². The average Bonchev–Trinajstić information content (AvgIpc) is 2.07. The number of alkyl halides is 1. The van der Waals surface area contributed by atoms with E-state index >= 15 is 0 Å². The molecule has 0 unspecified atom stereocenters. The van der Waals surface area contributed by atoms with Crippen LogP contribution in [0.2, 0.25) is 5.02 Å². The summed E-state index contributed by atoms with van der Waals surface area (Å²) in [4.78, 5) is 0. The van der Waals surface area contributed by atoms with Gasteiger partial charge in [0.2, 0.25) is 0 Å². The van der Waals surface area contributed by atoms with E-state index in [-0.39, 0.29) is 6.42 Å². The van der Waals surface area contributed by atoms with E-state index < -0.39 is 11.5 Å². The van der Waals surface area contributed by atoms with E-state index in [0.717, 1.165) is 0 Å². The third-order valence-electron chi connectivity index (χ3n) is 2.41. The van der Waals surface area contributed by atoms with E-state index in [1.54, 1.807) is 6.07 Å². The summed E-state index contributed by atoms with van der Waals surface area (Å²) < 4.78 is 26.9. The molecular weight excluding hydrogens is 208 g/mol. The lowest BCUT2D eigenvalue weighted by atomic mass is 9.91. The van der Waals surface area contributed by atoms with E-state index in [1.165, 1.54) is 12.1 Å². The van der Waals surface area contributed by atoms with Crippen LogP contribution in [-0.4, -0.2) is 18.8 Å². The highest BCUT2D eigenvalue weighted by Gasteiger charge is 2.37. The van der Waals surface area contributed by atoms with Crippen LogP contribution in [0.5, 0.6) is 0 Å². The third kappa shape index (κ3) is 1.88. The number of hydrogen-bond donors (Lipinski definition) is 1. The van der Waals surface area contributed by atoms with Crippen LogP contribution in [-0.2, 0) is 6.42 Å². The minimum atomic E-state index is -1.28. The van der Waals surface area contributed by atoms with Crippen molar-refractivity contribution in [2.45, 2.75) is 12.1 Å². The fourth-order valence-electron chi connectivity index (χ4n) is 1.53. The lowest BCUT2D eigenvalue weighted by Crippen LogP contribution is -2.57. The predicted molar refractivity (Wildman–Crippen MR) is 51.8 cm³/mol. The van der Waals surface area contributed by atoms with Crippen molar-refractivity contribution in [3.8, 4) is 0 Å². The number of nitrogens with one attached hydrogen (secondary N) is 1. The molecule has 14 heavy (non-hydrogen) atoms. The van der Waals surface area contributed by atoms with E-state index in [9.17, 15) is 8.78 Å². The molecule has 1 N–H and O–H groups in total. The molecule has 1 heterocycles. The Balaban J connectivity index is 2.16. The molecule has 0 radical (unpaired) electrons. The first-order valence-electron chi connectivity index (χ1n) is 4.43. The van der Waals surface area contributed by atoms with Gasteiger partial charge in [-0.3, -0.25) is 0 Å². The van der Waals surface area contributed by atoms with Gasteiger partial charge in [-0.1, -0.05) is 17.7 Å². The van der Waals surface area contributed by atoms with Gasteiger partial charge in [0.05, 0.1) is 0 Å². The Morgan fingerprint density at radius 1 is 1.43 bits per heavy atom. The minimum Gasteiger partial charge on any atom is -0.310 e. The highest BCUT2D eigenvalue weighted by atomic mass is 35.5. The lowest BCUT2D eigenvalue weighted by molar-refractivity contribution is 0.0901. The van der Waals surface area contributed by atoms with Crippen molar-refractivity contribution in [2.24, 2.45) is 0 Å². The van der Waals surface area contributed by atoms with Crippen LogP contribution >= 0.6 is 11.6 Å². The molecule has 1 aliphatic heterocycles. The van der Waals surface area contributed by atoms with Crippen molar-refractivity contribution in [3.05, 3.63) is 34.6 Å². The second-order valence-corrected chi connectivity index (χ2v) is 4.10. The van der Waals surface area contributed by atoms with Gasteiger partial charge in [-0.25, -0.2) is 8.78 Å². The van der Waals surface area contributed by atoms with E-state index in [4.69, 9.17) is 11.6 Å². The summed E-state index contributed by atoms with van der Waals surface area (Å²) >= 11 is 5.59. The van der Waals surface area contributed by atoms with Crippen LogP contribution in [0.4, 0.5) is 8.78 Å². The van der Waals surface area contributed by atoms with E-state index in [2.05, 4.69) is 5.32 Å². The van der Waals surface area contributed by atoms with Crippen LogP contribution in [0.1, 0.15) is 5.56 Å². The quantitative estimate of drug-likeness (QED) is 0.802. The standard InChI is InChI=1S/C10H10ClF2N/c11-8-2-1-7(9(12)3-8)4-10(13)5-14-6-10/h1-3,14H,4-6H2. The topological polar surface area (TPSA) is 12.0 Å². The Morgan fingerprint density at radius 3 is 2.64 bits per heavy atom. The monoisotopic (exact) mass is 217 g/mol. The molecule has 1 saturated heterocycles. The number of benzene rings is 1. The molecule has 1 nitrogen and oxygen atoms in total. The maximum Gasteiger partial charge on any atom is 0.139 e. The molecule has 0 bridgehead atoms.